The van der Waals surface area contributed by atoms with E-state index in [2.05, 4.69) is 15.0 Å². The van der Waals surface area contributed by atoms with E-state index in [1.807, 2.05) is 24.3 Å². The molecule has 0 unspecified atom stereocenters. The van der Waals surface area contributed by atoms with Crippen LogP contribution in [0.2, 0.25) is 4.34 Å². The number of thiophene rings is 1. The van der Waals surface area contributed by atoms with E-state index in [-0.39, 0.29) is 0 Å². The van der Waals surface area contributed by atoms with E-state index < -0.39 is 0 Å². The molecule has 0 aliphatic rings. The molecule has 0 bridgehead atoms. The molecule has 0 amide bonds. The van der Waals surface area contributed by atoms with Crippen molar-refractivity contribution < 1.29 is 4.74 Å². The highest BCUT2D eigenvalue weighted by atomic mass is 35.5. The molecule has 0 aliphatic heterocycles. The number of hydrogen-bond acceptors (Lipinski definition) is 4. The lowest BCUT2D eigenvalue weighted by Crippen LogP contribution is -1.91. The second kappa shape index (κ2) is 5.75. The highest BCUT2D eigenvalue weighted by molar-refractivity contribution is 7.19. The predicted molar refractivity (Wildman–Crippen MR) is 80.9 cm³/mol. The van der Waals surface area contributed by atoms with E-state index in [0.29, 0.717) is 6.61 Å². The van der Waals surface area contributed by atoms with Crippen LogP contribution in [0, 0.1) is 0 Å². The average Bonchev–Trinajstić information content (AvgIpc) is 3.07. The zero-order valence-electron chi connectivity index (χ0n) is 10.8. The molecule has 4 nitrogen and oxygen atoms in total. The van der Waals surface area contributed by atoms with E-state index in [0.717, 1.165) is 32.0 Å². The lowest BCUT2D eigenvalue weighted by molar-refractivity contribution is 0.182. The van der Waals surface area contributed by atoms with Gasteiger partial charge in [0.1, 0.15) is 5.82 Å². The molecule has 3 heterocycles. The molecule has 1 N–H and O–H groups in total. The number of halogens is 1. The first-order valence-electron chi connectivity index (χ1n) is 6.02. The van der Waals surface area contributed by atoms with Gasteiger partial charge in [-0.05, 0) is 24.3 Å². The van der Waals surface area contributed by atoms with Crippen LogP contribution in [0.25, 0.3) is 22.0 Å². The van der Waals surface area contributed by atoms with Gasteiger partial charge in [0.2, 0.25) is 0 Å². The van der Waals surface area contributed by atoms with Gasteiger partial charge in [0.15, 0.2) is 0 Å². The van der Waals surface area contributed by atoms with Crippen LogP contribution in [-0.2, 0) is 11.3 Å². The van der Waals surface area contributed by atoms with E-state index in [1.165, 1.54) is 11.3 Å². The first kappa shape index (κ1) is 13.3. The molecule has 20 heavy (non-hydrogen) atoms. The Morgan fingerprint density at radius 1 is 1.35 bits per heavy atom. The van der Waals surface area contributed by atoms with Gasteiger partial charge in [-0.15, -0.1) is 11.3 Å². The molecule has 0 aromatic carbocycles. The summed E-state index contributed by atoms with van der Waals surface area (Å²) in [5, 5.41) is 0. The van der Waals surface area contributed by atoms with E-state index in [4.69, 9.17) is 16.3 Å². The Hall–Kier alpha value is -1.69. The Balaban J connectivity index is 2.07. The standard InChI is InChI=1S/C14H12ClN3OS/c1-19-8-10-13(9-3-2-6-16-7-9)18-14(17-10)11-4-5-12(15)20-11/h2-7H,8H2,1H3,(H,17,18). The van der Waals surface area contributed by atoms with Crippen molar-refractivity contribution >= 4 is 22.9 Å². The van der Waals surface area contributed by atoms with Crippen molar-refractivity contribution in [2.45, 2.75) is 6.61 Å². The number of nitrogens with one attached hydrogen (secondary N) is 1. The topological polar surface area (TPSA) is 50.8 Å². The van der Waals surface area contributed by atoms with Crippen LogP contribution in [-0.4, -0.2) is 22.1 Å². The second-order valence-electron chi connectivity index (χ2n) is 4.19. The second-order valence-corrected chi connectivity index (χ2v) is 5.91. The molecule has 6 heteroatoms. The van der Waals surface area contributed by atoms with E-state index >= 15 is 0 Å². The fourth-order valence-corrected chi connectivity index (χ4v) is 2.95. The van der Waals surface area contributed by atoms with Gasteiger partial charge in [-0.25, -0.2) is 4.98 Å². The number of H-pyrrole nitrogens is 1. The normalized spacial score (nSPS) is 10.9. The predicted octanol–water partition coefficient (Wildman–Crippen LogP) is 4.00. The molecule has 3 rings (SSSR count). The van der Waals surface area contributed by atoms with Crippen LogP contribution < -0.4 is 0 Å². The molecule has 0 saturated carbocycles. The SMILES string of the molecule is COCc1[nH]c(-c2ccc(Cl)s2)nc1-c1cccnc1. The van der Waals surface area contributed by atoms with Gasteiger partial charge in [0, 0.05) is 25.1 Å². The number of aromatic amines is 1. The van der Waals surface area contributed by atoms with Gasteiger partial charge in [-0.2, -0.15) is 0 Å². The highest BCUT2D eigenvalue weighted by Crippen LogP contribution is 2.32. The third kappa shape index (κ3) is 2.60. The quantitative estimate of drug-likeness (QED) is 0.792. The van der Waals surface area contributed by atoms with Crippen molar-refractivity contribution in [3.05, 3.63) is 46.7 Å². The Bertz CT molecular complexity index is 708. The fraction of sp³-hybridized carbons (Fsp3) is 0.143. The van der Waals surface area contributed by atoms with Crippen molar-refractivity contribution in [1.29, 1.82) is 0 Å². The van der Waals surface area contributed by atoms with Crippen LogP contribution in [0.15, 0.2) is 36.7 Å². The van der Waals surface area contributed by atoms with Crippen LogP contribution in [0.3, 0.4) is 0 Å². The Morgan fingerprint density at radius 2 is 2.25 bits per heavy atom. The number of nitrogens with zero attached hydrogens (tertiary/aromatic N) is 2. The molecule has 0 fully saturated rings. The van der Waals surface area contributed by atoms with Crippen molar-refractivity contribution in [2.75, 3.05) is 7.11 Å². The summed E-state index contributed by atoms with van der Waals surface area (Å²) in [5.41, 5.74) is 2.75. The first-order valence-corrected chi connectivity index (χ1v) is 7.21. The fourth-order valence-electron chi connectivity index (χ4n) is 1.96. The monoisotopic (exact) mass is 305 g/mol. The molecule has 3 aromatic rings. The zero-order chi connectivity index (χ0) is 13.9. The Labute approximate surface area is 125 Å². The maximum absolute atomic E-state index is 5.98. The summed E-state index contributed by atoms with van der Waals surface area (Å²) >= 11 is 7.47. The Kier molecular flexibility index (Phi) is 3.82. The van der Waals surface area contributed by atoms with Crippen LogP contribution in [0.5, 0.6) is 0 Å². The summed E-state index contributed by atoms with van der Waals surface area (Å²) in [6.07, 6.45) is 3.53. The van der Waals surface area contributed by atoms with Crippen molar-refractivity contribution in [1.82, 2.24) is 15.0 Å². The average molecular weight is 306 g/mol. The van der Waals surface area contributed by atoms with Gasteiger partial charge in [0.05, 0.1) is 27.2 Å². The van der Waals surface area contributed by atoms with Gasteiger partial charge >= 0.3 is 0 Å². The number of aromatic nitrogens is 3. The van der Waals surface area contributed by atoms with Crippen LogP contribution >= 0.6 is 22.9 Å². The molecule has 0 atom stereocenters. The molecular weight excluding hydrogens is 294 g/mol. The number of hydrogen-bond donors (Lipinski definition) is 1. The lowest BCUT2D eigenvalue weighted by Gasteiger charge is -2.00. The summed E-state index contributed by atoms with van der Waals surface area (Å²) in [6.45, 7) is 0.469. The van der Waals surface area contributed by atoms with Crippen molar-refractivity contribution in [2.24, 2.45) is 0 Å². The number of rotatable bonds is 4. The first-order chi connectivity index (χ1) is 9.78. The van der Waals surface area contributed by atoms with Gasteiger partial charge in [0.25, 0.3) is 0 Å². The van der Waals surface area contributed by atoms with Crippen LogP contribution in [0.1, 0.15) is 5.69 Å². The minimum Gasteiger partial charge on any atom is -0.378 e. The van der Waals surface area contributed by atoms with Gasteiger partial charge in [-0.3, -0.25) is 4.98 Å². The molecule has 0 aliphatic carbocycles. The largest absolute Gasteiger partial charge is 0.378 e. The molecule has 0 spiro atoms. The number of ether oxygens (including phenoxy) is 1. The minimum atomic E-state index is 0.469. The third-order valence-electron chi connectivity index (χ3n) is 2.81. The summed E-state index contributed by atoms with van der Waals surface area (Å²) in [6, 6.07) is 7.69. The van der Waals surface area contributed by atoms with Gasteiger partial charge in [-0.1, -0.05) is 11.6 Å². The number of pyridine rings is 1. The molecular formula is C14H12ClN3OS. The zero-order valence-corrected chi connectivity index (χ0v) is 12.3. The summed E-state index contributed by atoms with van der Waals surface area (Å²) in [7, 11) is 1.66. The number of imidazole rings is 1. The summed E-state index contributed by atoms with van der Waals surface area (Å²) in [4.78, 5) is 13.1. The maximum Gasteiger partial charge on any atom is 0.148 e. The highest BCUT2D eigenvalue weighted by Gasteiger charge is 2.14. The van der Waals surface area contributed by atoms with Crippen molar-refractivity contribution in [3.8, 4) is 22.0 Å². The van der Waals surface area contributed by atoms with Gasteiger partial charge < -0.3 is 9.72 Å². The summed E-state index contributed by atoms with van der Waals surface area (Å²) < 4.78 is 5.97. The maximum atomic E-state index is 5.98. The molecule has 0 saturated heterocycles. The molecule has 3 aromatic heterocycles. The molecule has 102 valence electrons. The minimum absolute atomic E-state index is 0.469. The van der Waals surface area contributed by atoms with Crippen molar-refractivity contribution in [3.63, 3.8) is 0 Å². The van der Waals surface area contributed by atoms with E-state index in [9.17, 15) is 0 Å². The lowest BCUT2D eigenvalue weighted by atomic mass is 10.2. The summed E-state index contributed by atoms with van der Waals surface area (Å²) in [5.74, 6) is 0.799. The smallest absolute Gasteiger partial charge is 0.148 e. The van der Waals surface area contributed by atoms with Crippen LogP contribution in [0.4, 0.5) is 0 Å². The van der Waals surface area contributed by atoms with E-state index in [1.54, 1.807) is 19.5 Å². The third-order valence-corrected chi connectivity index (χ3v) is 4.05. The Morgan fingerprint density at radius 3 is 2.90 bits per heavy atom. The number of methoxy groups -OCH3 is 1. The molecule has 0 radical (unpaired) electrons.